The average Bonchev–Trinajstić information content (AvgIpc) is 2.62. The fraction of sp³-hybridized carbons (Fsp3) is 0.421. The largest absolute Gasteiger partial charge is 0.490 e. The summed E-state index contributed by atoms with van der Waals surface area (Å²) >= 11 is 0. The van der Waals surface area contributed by atoms with Gasteiger partial charge in [-0.1, -0.05) is 18.6 Å². The first-order valence-electron chi connectivity index (χ1n) is 8.91. The predicted octanol–water partition coefficient (Wildman–Crippen LogP) is 3.11. The first-order chi connectivity index (χ1) is 12.1. The van der Waals surface area contributed by atoms with Gasteiger partial charge >= 0.3 is 10.0 Å². The summed E-state index contributed by atoms with van der Waals surface area (Å²) in [4.78, 5) is 0. The molecule has 132 valence electrons. The van der Waals surface area contributed by atoms with Crippen molar-refractivity contribution in [2.24, 2.45) is 0 Å². The Bertz CT molecular complexity index is 857. The van der Waals surface area contributed by atoms with Crippen molar-refractivity contribution in [3.63, 3.8) is 0 Å². The van der Waals surface area contributed by atoms with Gasteiger partial charge in [-0.15, -0.1) is 0 Å². The van der Waals surface area contributed by atoms with Gasteiger partial charge in [0.2, 0.25) is 0 Å². The molecule has 4 rings (SSSR count). The molecular formula is C19H23N2O3S+. The third kappa shape index (κ3) is 3.63. The summed E-state index contributed by atoms with van der Waals surface area (Å²) in [5.41, 5.74) is 1.86. The second-order valence-electron chi connectivity index (χ2n) is 6.79. The molecule has 5 nitrogen and oxygen atoms in total. The van der Waals surface area contributed by atoms with Gasteiger partial charge in [-0.3, -0.25) is 0 Å². The first kappa shape index (κ1) is 16.4. The lowest BCUT2D eigenvalue weighted by Gasteiger charge is -2.23. The lowest BCUT2D eigenvalue weighted by molar-refractivity contribution is -0.679. The van der Waals surface area contributed by atoms with E-state index in [0.717, 1.165) is 29.7 Å². The van der Waals surface area contributed by atoms with Crippen molar-refractivity contribution in [2.75, 3.05) is 10.5 Å². The quantitative estimate of drug-likeness (QED) is 0.857. The molecule has 0 saturated heterocycles. The van der Waals surface area contributed by atoms with E-state index in [-0.39, 0.29) is 5.75 Å². The van der Waals surface area contributed by atoms with Crippen molar-refractivity contribution >= 4 is 15.8 Å². The highest BCUT2D eigenvalue weighted by Crippen LogP contribution is 2.30. The molecule has 0 spiro atoms. The summed E-state index contributed by atoms with van der Waals surface area (Å²) in [7, 11) is -3.25. The third-order valence-corrected chi connectivity index (χ3v) is 6.17. The summed E-state index contributed by atoms with van der Waals surface area (Å²) in [5.74, 6) is 1.63. The minimum absolute atomic E-state index is 0.113. The van der Waals surface area contributed by atoms with Crippen molar-refractivity contribution < 1.29 is 17.7 Å². The van der Waals surface area contributed by atoms with Crippen molar-refractivity contribution in [1.29, 1.82) is 0 Å². The van der Waals surface area contributed by atoms with Gasteiger partial charge in [-0.25, -0.2) is 4.57 Å². The maximum atomic E-state index is 11.9. The summed E-state index contributed by atoms with van der Waals surface area (Å²) in [6.45, 7) is 0.474. The third-order valence-electron chi connectivity index (χ3n) is 4.94. The van der Waals surface area contributed by atoms with Crippen molar-refractivity contribution in [1.82, 2.24) is 0 Å². The molecular weight excluding hydrogens is 336 g/mol. The molecule has 0 bridgehead atoms. The minimum Gasteiger partial charge on any atom is -0.490 e. The van der Waals surface area contributed by atoms with E-state index >= 15 is 0 Å². The number of nitrogens with one attached hydrogen (secondary N) is 1. The number of fused-ring (bicyclic) bond motifs is 1. The van der Waals surface area contributed by atoms with Crippen LogP contribution in [0.15, 0.2) is 42.6 Å². The highest BCUT2D eigenvalue weighted by Gasteiger charge is 2.29. The Hall–Kier alpha value is -2.08. The molecule has 1 saturated carbocycles. The first-order valence-corrected chi connectivity index (χ1v) is 10.6. The Labute approximate surface area is 148 Å². The average molecular weight is 359 g/mol. The van der Waals surface area contributed by atoms with Crippen molar-refractivity contribution in [3.05, 3.63) is 42.6 Å². The Morgan fingerprint density at radius 3 is 2.56 bits per heavy atom. The number of hydrogen-bond acceptors (Lipinski definition) is 3. The Morgan fingerprint density at radius 1 is 1.04 bits per heavy atom. The van der Waals surface area contributed by atoms with Gasteiger partial charge in [0.05, 0.1) is 17.9 Å². The smallest absolute Gasteiger partial charge is 0.302 e. The predicted molar refractivity (Wildman–Crippen MR) is 97.0 cm³/mol. The van der Waals surface area contributed by atoms with E-state index in [1.165, 1.54) is 19.3 Å². The fourth-order valence-corrected chi connectivity index (χ4v) is 4.65. The number of hydrogen-bond donors (Lipinski definition) is 1. The summed E-state index contributed by atoms with van der Waals surface area (Å²) in [5, 5.41) is 0. The van der Waals surface area contributed by atoms with E-state index in [4.69, 9.17) is 4.74 Å². The highest BCUT2D eigenvalue weighted by atomic mass is 32.2. The maximum absolute atomic E-state index is 11.9. The molecule has 1 aliphatic heterocycles. The van der Waals surface area contributed by atoms with Gasteiger partial charge in [-0.05, 0) is 55.5 Å². The molecule has 2 aliphatic rings. The van der Waals surface area contributed by atoms with Gasteiger partial charge in [0.1, 0.15) is 18.0 Å². The van der Waals surface area contributed by atoms with Gasteiger partial charge in [-0.2, -0.15) is 13.1 Å². The Kier molecular flexibility index (Phi) is 4.37. The zero-order valence-corrected chi connectivity index (χ0v) is 15.0. The van der Waals surface area contributed by atoms with E-state index in [9.17, 15) is 8.42 Å². The lowest BCUT2D eigenvalue weighted by Crippen LogP contribution is -2.47. The molecule has 0 amide bonds. The second-order valence-corrected chi connectivity index (χ2v) is 8.63. The van der Waals surface area contributed by atoms with Crippen LogP contribution in [0.3, 0.4) is 0 Å². The Balaban J connectivity index is 1.58. The molecule has 1 N–H and O–H groups in total. The van der Waals surface area contributed by atoms with Gasteiger partial charge in [0.15, 0.2) is 0 Å². The molecule has 1 aromatic heterocycles. The summed E-state index contributed by atoms with van der Waals surface area (Å²) < 4.78 is 34.6. The number of pyridine rings is 1. The molecule has 1 aliphatic carbocycles. The van der Waals surface area contributed by atoms with Crippen molar-refractivity contribution in [2.45, 2.75) is 44.8 Å². The molecule has 1 fully saturated rings. The molecule has 6 heteroatoms. The fourth-order valence-electron chi connectivity index (χ4n) is 3.59. The van der Waals surface area contributed by atoms with E-state index in [1.807, 2.05) is 47.2 Å². The second kappa shape index (κ2) is 6.67. The van der Waals surface area contributed by atoms with Crippen LogP contribution in [-0.4, -0.2) is 20.3 Å². The zero-order valence-electron chi connectivity index (χ0n) is 14.1. The zero-order chi connectivity index (χ0) is 17.3. The number of ether oxygens (including phenoxy) is 1. The van der Waals surface area contributed by atoms with Gasteiger partial charge < -0.3 is 4.74 Å². The number of aromatic nitrogens is 1. The van der Waals surface area contributed by atoms with Crippen LogP contribution in [0.25, 0.3) is 11.1 Å². The van der Waals surface area contributed by atoms with Crippen LogP contribution in [0, 0.1) is 0 Å². The summed E-state index contributed by atoms with van der Waals surface area (Å²) in [6, 6.07) is 11.8. The lowest BCUT2D eigenvalue weighted by atomic mass is 9.98. The van der Waals surface area contributed by atoms with E-state index in [2.05, 4.69) is 4.72 Å². The number of benzene rings is 1. The molecule has 0 atom stereocenters. The van der Waals surface area contributed by atoms with Crippen LogP contribution in [0.5, 0.6) is 5.75 Å². The monoisotopic (exact) mass is 359 g/mol. The Morgan fingerprint density at radius 2 is 1.80 bits per heavy atom. The van der Waals surface area contributed by atoms with Crippen LogP contribution < -0.4 is 14.0 Å². The molecule has 0 radical (unpaired) electrons. The summed E-state index contributed by atoms with van der Waals surface area (Å²) in [6.07, 6.45) is 8.30. The molecule has 0 unspecified atom stereocenters. The number of rotatable bonds is 3. The van der Waals surface area contributed by atoms with Crippen LogP contribution >= 0.6 is 0 Å². The molecule has 2 aromatic rings. The number of aryl methyl sites for hydroxylation is 1. The number of sulfonamides is 1. The molecule has 25 heavy (non-hydrogen) atoms. The number of anilines is 1. The van der Waals surface area contributed by atoms with E-state index in [1.54, 1.807) is 0 Å². The van der Waals surface area contributed by atoms with E-state index < -0.39 is 10.0 Å². The maximum Gasteiger partial charge on any atom is 0.302 e. The number of nitrogens with zero attached hydrogens (tertiary/aromatic N) is 1. The van der Waals surface area contributed by atoms with Crippen LogP contribution in [0.1, 0.15) is 32.1 Å². The molecule has 2 heterocycles. The van der Waals surface area contributed by atoms with Crippen LogP contribution in [0.2, 0.25) is 0 Å². The topological polar surface area (TPSA) is 59.3 Å². The van der Waals surface area contributed by atoms with Gasteiger partial charge in [0, 0.05) is 0 Å². The van der Waals surface area contributed by atoms with Crippen LogP contribution in [0.4, 0.5) is 5.82 Å². The van der Waals surface area contributed by atoms with Gasteiger partial charge in [0.25, 0.3) is 5.82 Å². The SMILES string of the molecule is O=S1(=O)CC[n+]2cccc(-c3ccc(OC4CCCCC4)cc3)c2N1. The minimum atomic E-state index is -3.25. The van der Waals surface area contributed by atoms with Crippen LogP contribution in [-0.2, 0) is 16.6 Å². The standard InChI is InChI=1S/C19H22N2O3S/c22-25(23)14-13-21-12-4-7-18(19(21)20-25)15-8-10-17(11-9-15)24-16-5-2-1-3-6-16/h4,7-12,16H,1-3,5-6,13-14H2/p+1. The highest BCUT2D eigenvalue weighted by molar-refractivity contribution is 7.92. The molecule has 1 aromatic carbocycles. The normalized spacial score (nSPS) is 19.7. The van der Waals surface area contributed by atoms with Crippen molar-refractivity contribution in [3.8, 4) is 16.9 Å². The van der Waals surface area contributed by atoms with E-state index in [0.29, 0.717) is 18.5 Å².